The SMILES string of the molecule is CCS(=O)(=O)c1ccc(OC)c(Nc2ncc(-c3cccc(-c4cccc(-c5ccc(C)s5)c4)c3)o2)c1. The molecule has 1 N–H and O–H groups in total. The van der Waals surface area contributed by atoms with E-state index in [1.165, 1.54) is 34.6 Å². The second kappa shape index (κ2) is 10.2. The predicted octanol–water partition coefficient (Wildman–Crippen LogP) is 7.59. The minimum absolute atomic E-state index is 0.00807. The fourth-order valence-electron chi connectivity index (χ4n) is 4.02. The Kier molecular flexibility index (Phi) is 6.86. The largest absolute Gasteiger partial charge is 0.495 e. The van der Waals surface area contributed by atoms with Crippen LogP contribution < -0.4 is 10.1 Å². The lowest BCUT2D eigenvalue weighted by Gasteiger charge is -2.11. The van der Waals surface area contributed by atoms with Gasteiger partial charge in [-0.3, -0.25) is 0 Å². The number of anilines is 2. The summed E-state index contributed by atoms with van der Waals surface area (Å²) in [5, 5.41) is 3.06. The number of aromatic nitrogens is 1. The molecule has 5 aromatic rings. The maximum absolute atomic E-state index is 12.3. The summed E-state index contributed by atoms with van der Waals surface area (Å²) in [4.78, 5) is 7.09. The Morgan fingerprint density at radius 2 is 1.62 bits per heavy atom. The number of hydrogen-bond donors (Lipinski definition) is 1. The number of thiophene rings is 1. The van der Waals surface area contributed by atoms with E-state index in [1.54, 1.807) is 30.5 Å². The Morgan fingerprint density at radius 1 is 0.919 bits per heavy atom. The van der Waals surface area contributed by atoms with Crippen LogP contribution in [0.15, 0.2) is 94.4 Å². The van der Waals surface area contributed by atoms with E-state index in [-0.39, 0.29) is 16.7 Å². The van der Waals surface area contributed by atoms with E-state index in [4.69, 9.17) is 9.15 Å². The molecule has 0 atom stereocenters. The topological polar surface area (TPSA) is 81.4 Å². The van der Waals surface area contributed by atoms with Crippen molar-refractivity contribution in [1.82, 2.24) is 4.98 Å². The molecule has 0 aliphatic rings. The van der Waals surface area contributed by atoms with Gasteiger partial charge in [-0.1, -0.05) is 43.3 Å². The smallest absolute Gasteiger partial charge is 0.299 e. The van der Waals surface area contributed by atoms with Crippen molar-refractivity contribution in [2.24, 2.45) is 0 Å². The second-order valence-electron chi connectivity index (χ2n) is 8.49. The van der Waals surface area contributed by atoms with Crippen LogP contribution in [0.2, 0.25) is 0 Å². The van der Waals surface area contributed by atoms with Crippen LogP contribution in [0.25, 0.3) is 32.9 Å². The number of sulfone groups is 1. The van der Waals surface area contributed by atoms with Crippen LogP contribution >= 0.6 is 11.3 Å². The van der Waals surface area contributed by atoms with Gasteiger partial charge in [0, 0.05) is 15.3 Å². The average Bonchev–Trinajstić information content (AvgIpc) is 3.58. The lowest BCUT2D eigenvalue weighted by Crippen LogP contribution is -2.05. The highest BCUT2D eigenvalue weighted by atomic mass is 32.2. The highest BCUT2D eigenvalue weighted by Crippen LogP contribution is 2.34. The van der Waals surface area contributed by atoms with Crippen molar-refractivity contribution in [3.05, 3.63) is 89.9 Å². The third-order valence-corrected chi connectivity index (χ3v) is 8.81. The first-order valence-corrected chi connectivity index (χ1v) is 14.2. The van der Waals surface area contributed by atoms with Crippen molar-refractivity contribution >= 4 is 32.9 Å². The van der Waals surface area contributed by atoms with Crippen LogP contribution in [0.1, 0.15) is 11.8 Å². The summed E-state index contributed by atoms with van der Waals surface area (Å²) in [5.74, 6) is 1.08. The molecule has 2 aromatic heterocycles. The van der Waals surface area contributed by atoms with E-state index >= 15 is 0 Å². The van der Waals surface area contributed by atoms with Gasteiger partial charge in [0.15, 0.2) is 15.6 Å². The monoisotopic (exact) mass is 530 g/mol. The van der Waals surface area contributed by atoms with Crippen molar-refractivity contribution < 1.29 is 17.6 Å². The van der Waals surface area contributed by atoms with Gasteiger partial charge in [-0.05, 0) is 66.1 Å². The van der Waals surface area contributed by atoms with Crippen molar-refractivity contribution in [2.75, 3.05) is 18.2 Å². The number of methoxy groups -OCH3 is 1. The number of nitrogens with one attached hydrogen (secondary N) is 1. The van der Waals surface area contributed by atoms with E-state index in [2.05, 4.69) is 65.8 Å². The highest BCUT2D eigenvalue weighted by Gasteiger charge is 2.16. The second-order valence-corrected chi connectivity index (χ2v) is 12.1. The van der Waals surface area contributed by atoms with Crippen molar-refractivity contribution in [3.8, 4) is 38.6 Å². The molecule has 0 unspecified atom stereocenters. The molecule has 0 aliphatic carbocycles. The molecule has 0 bridgehead atoms. The molecular weight excluding hydrogens is 504 g/mol. The first-order valence-electron chi connectivity index (χ1n) is 11.8. The summed E-state index contributed by atoms with van der Waals surface area (Å²) < 4.78 is 36.1. The van der Waals surface area contributed by atoms with E-state index in [0.29, 0.717) is 17.2 Å². The minimum atomic E-state index is -3.37. The molecule has 0 amide bonds. The number of nitrogens with zero attached hydrogens (tertiary/aromatic N) is 1. The zero-order valence-corrected chi connectivity index (χ0v) is 22.3. The highest BCUT2D eigenvalue weighted by molar-refractivity contribution is 7.91. The zero-order valence-electron chi connectivity index (χ0n) is 20.7. The molecule has 6 nitrogen and oxygen atoms in total. The van der Waals surface area contributed by atoms with Gasteiger partial charge in [-0.2, -0.15) is 0 Å². The van der Waals surface area contributed by atoms with Crippen LogP contribution in [0, 0.1) is 6.92 Å². The maximum atomic E-state index is 12.3. The molecule has 5 rings (SSSR count). The quantitative estimate of drug-likeness (QED) is 0.223. The number of benzene rings is 3. The van der Waals surface area contributed by atoms with E-state index in [1.807, 2.05) is 12.1 Å². The fourth-order valence-corrected chi connectivity index (χ4v) is 5.79. The number of rotatable bonds is 8. The summed E-state index contributed by atoms with van der Waals surface area (Å²) in [6.07, 6.45) is 1.64. The summed E-state index contributed by atoms with van der Waals surface area (Å²) in [7, 11) is -1.85. The Balaban J connectivity index is 1.42. The predicted molar refractivity (Wildman–Crippen MR) is 149 cm³/mol. The first kappa shape index (κ1) is 24.8. The first-order chi connectivity index (χ1) is 17.9. The third kappa shape index (κ3) is 5.30. The van der Waals surface area contributed by atoms with Gasteiger partial charge >= 0.3 is 0 Å². The lowest BCUT2D eigenvalue weighted by atomic mass is 10.00. The normalized spacial score (nSPS) is 11.4. The van der Waals surface area contributed by atoms with E-state index in [9.17, 15) is 8.42 Å². The van der Waals surface area contributed by atoms with Gasteiger partial charge in [0.1, 0.15) is 5.75 Å². The molecule has 0 saturated heterocycles. The summed E-state index contributed by atoms with van der Waals surface area (Å²) in [6.45, 7) is 3.72. The summed E-state index contributed by atoms with van der Waals surface area (Å²) in [5.41, 5.74) is 4.71. The van der Waals surface area contributed by atoms with Crippen molar-refractivity contribution in [3.63, 3.8) is 0 Å². The molecule has 0 radical (unpaired) electrons. The van der Waals surface area contributed by atoms with Crippen LogP contribution in [-0.4, -0.2) is 26.3 Å². The van der Waals surface area contributed by atoms with Gasteiger partial charge in [0.25, 0.3) is 6.01 Å². The van der Waals surface area contributed by atoms with Crippen LogP contribution in [0.3, 0.4) is 0 Å². The van der Waals surface area contributed by atoms with Crippen LogP contribution in [-0.2, 0) is 9.84 Å². The summed E-state index contributed by atoms with van der Waals surface area (Å²) in [6, 6.07) is 25.8. The summed E-state index contributed by atoms with van der Waals surface area (Å²) >= 11 is 1.78. The minimum Gasteiger partial charge on any atom is -0.495 e. The Labute approximate surface area is 220 Å². The number of oxazole rings is 1. The third-order valence-electron chi connectivity index (χ3n) is 6.03. The Bertz CT molecular complexity index is 1670. The number of ether oxygens (including phenoxy) is 1. The molecular formula is C29H26N2O4S2. The van der Waals surface area contributed by atoms with Gasteiger partial charge in [-0.15, -0.1) is 11.3 Å². The van der Waals surface area contributed by atoms with Gasteiger partial charge in [0.2, 0.25) is 0 Å². The average molecular weight is 531 g/mol. The molecule has 0 spiro atoms. The molecule has 2 heterocycles. The number of hydrogen-bond acceptors (Lipinski definition) is 7. The van der Waals surface area contributed by atoms with E-state index in [0.717, 1.165) is 16.7 Å². The van der Waals surface area contributed by atoms with Gasteiger partial charge in [0.05, 0.1) is 29.6 Å². The van der Waals surface area contributed by atoms with Gasteiger partial charge in [-0.25, -0.2) is 13.4 Å². The molecule has 8 heteroatoms. The van der Waals surface area contributed by atoms with Crippen molar-refractivity contribution in [1.29, 1.82) is 0 Å². The van der Waals surface area contributed by atoms with Crippen LogP contribution in [0.4, 0.5) is 11.7 Å². The molecule has 0 aliphatic heterocycles. The standard InChI is InChI=1S/C29H26N2O4S2/c1-4-37(32,33)24-12-13-26(34-3)25(17-24)31-29-30-18-27(35-29)22-9-5-7-20(15-22)21-8-6-10-23(16-21)28-14-11-19(2)36-28/h5-18H,4H2,1-3H3,(H,30,31). The lowest BCUT2D eigenvalue weighted by molar-refractivity contribution is 0.416. The fraction of sp³-hybridized carbons (Fsp3) is 0.138. The van der Waals surface area contributed by atoms with Crippen molar-refractivity contribution in [2.45, 2.75) is 18.7 Å². The van der Waals surface area contributed by atoms with E-state index < -0.39 is 9.84 Å². The molecule has 0 saturated carbocycles. The maximum Gasteiger partial charge on any atom is 0.299 e. The van der Waals surface area contributed by atoms with Gasteiger partial charge < -0.3 is 14.5 Å². The van der Waals surface area contributed by atoms with Crippen LogP contribution in [0.5, 0.6) is 5.75 Å². The number of aryl methyl sites for hydroxylation is 1. The molecule has 3 aromatic carbocycles. The Morgan fingerprint density at radius 3 is 2.30 bits per heavy atom. The molecule has 0 fully saturated rings. The molecule has 37 heavy (non-hydrogen) atoms. The zero-order chi connectivity index (χ0) is 26.0. The molecule has 188 valence electrons. The Hall–Kier alpha value is -3.88.